The van der Waals surface area contributed by atoms with Crippen molar-refractivity contribution < 1.29 is 0 Å². The number of aromatic amines is 1. The molecule has 3 nitrogen and oxygen atoms in total. The molecule has 2 heterocycles. The van der Waals surface area contributed by atoms with E-state index in [-0.39, 0.29) is 0 Å². The summed E-state index contributed by atoms with van der Waals surface area (Å²) in [7, 11) is 0. The zero-order valence-corrected chi connectivity index (χ0v) is 11.0. The van der Waals surface area contributed by atoms with Gasteiger partial charge in [-0.1, -0.05) is 29.5 Å². The minimum absolute atomic E-state index is 0.774. The molecule has 1 aromatic heterocycles. The van der Waals surface area contributed by atoms with Crippen LogP contribution < -0.4 is 0 Å². The molecular formula is C9H15N3S3. The maximum atomic E-state index is 4.99. The summed E-state index contributed by atoms with van der Waals surface area (Å²) >= 11 is 8.35. The molecule has 1 fully saturated rings. The Morgan fingerprint density at radius 1 is 1.40 bits per heavy atom. The van der Waals surface area contributed by atoms with E-state index < -0.39 is 0 Å². The summed E-state index contributed by atoms with van der Waals surface area (Å²) in [6, 6.07) is 0. The second-order valence-corrected chi connectivity index (χ2v) is 6.64. The van der Waals surface area contributed by atoms with Gasteiger partial charge in [-0.25, -0.2) is 0 Å². The molecule has 0 aliphatic carbocycles. The molecule has 1 saturated heterocycles. The average Bonchev–Trinajstić information content (AvgIpc) is 2.66. The molecule has 1 N–H and O–H groups in total. The third kappa shape index (κ3) is 3.86. The quantitative estimate of drug-likeness (QED) is 0.667. The van der Waals surface area contributed by atoms with Crippen LogP contribution in [0.25, 0.3) is 0 Å². The van der Waals surface area contributed by atoms with Crippen LogP contribution in [-0.4, -0.2) is 40.5 Å². The van der Waals surface area contributed by atoms with Crippen molar-refractivity contribution in [1.82, 2.24) is 15.1 Å². The average molecular weight is 261 g/mol. The van der Waals surface area contributed by atoms with Gasteiger partial charge in [-0.2, -0.15) is 5.10 Å². The van der Waals surface area contributed by atoms with Crippen LogP contribution in [0.3, 0.4) is 0 Å². The van der Waals surface area contributed by atoms with Crippen molar-refractivity contribution in [3.63, 3.8) is 0 Å². The lowest BCUT2D eigenvalue weighted by molar-refractivity contribution is 0.242. The van der Waals surface area contributed by atoms with Crippen LogP contribution in [0.2, 0.25) is 0 Å². The SMILES string of the molecule is S=c1[nH]nc(SCCN2CCCCC2)s1. The van der Waals surface area contributed by atoms with Crippen LogP contribution in [0.4, 0.5) is 0 Å². The highest BCUT2D eigenvalue weighted by atomic mass is 32.2. The van der Waals surface area contributed by atoms with Crippen molar-refractivity contribution >= 4 is 35.3 Å². The minimum atomic E-state index is 0.774. The van der Waals surface area contributed by atoms with Gasteiger partial charge in [-0.15, -0.1) is 0 Å². The van der Waals surface area contributed by atoms with E-state index in [0.29, 0.717) is 0 Å². The summed E-state index contributed by atoms with van der Waals surface area (Å²) in [5, 5.41) is 6.94. The second kappa shape index (κ2) is 5.98. The molecule has 1 aromatic rings. The van der Waals surface area contributed by atoms with Crippen molar-refractivity contribution in [2.75, 3.05) is 25.4 Å². The van der Waals surface area contributed by atoms with Crippen molar-refractivity contribution in [1.29, 1.82) is 0 Å². The molecule has 0 unspecified atom stereocenters. The molecule has 0 spiro atoms. The highest BCUT2D eigenvalue weighted by Crippen LogP contribution is 2.20. The monoisotopic (exact) mass is 261 g/mol. The zero-order chi connectivity index (χ0) is 10.5. The van der Waals surface area contributed by atoms with Crippen LogP contribution in [0, 0.1) is 3.95 Å². The number of thioether (sulfide) groups is 1. The van der Waals surface area contributed by atoms with Crippen LogP contribution in [0.1, 0.15) is 19.3 Å². The van der Waals surface area contributed by atoms with Gasteiger partial charge in [0.25, 0.3) is 0 Å². The van der Waals surface area contributed by atoms with E-state index in [1.54, 1.807) is 23.1 Å². The minimum Gasteiger partial charge on any atom is -0.303 e. The summed E-state index contributed by atoms with van der Waals surface area (Å²) in [4.78, 5) is 2.54. The lowest BCUT2D eigenvalue weighted by Gasteiger charge is -2.25. The molecule has 0 saturated carbocycles. The number of likely N-dealkylation sites (tertiary alicyclic amines) is 1. The molecule has 1 aliphatic heterocycles. The van der Waals surface area contributed by atoms with Crippen molar-refractivity contribution in [2.45, 2.75) is 23.6 Å². The number of nitrogens with zero attached hydrogens (tertiary/aromatic N) is 2. The largest absolute Gasteiger partial charge is 0.303 e. The van der Waals surface area contributed by atoms with E-state index in [1.807, 2.05) is 0 Å². The number of piperidine rings is 1. The number of nitrogens with one attached hydrogen (secondary N) is 1. The van der Waals surface area contributed by atoms with Gasteiger partial charge in [0.2, 0.25) is 0 Å². The third-order valence-electron chi connectivity index (χ3n) is 2.50. The van der Waals surface area contributed by atoms with Gasteiger partial charge in [0.15, 0.2) is 8.29 Å². The Balaban J connectivity index is 1.68. The van der Waals surface area contributed by atoms with E-state index in [1.165, 1.54) is 38.9 Å². The number of H-pyrrole nitrogens is 1. The summed E-state index contributed by atoms with van der Waals surface area (Å²) in [5.41, 5.74) is 0. The first-order valence-corrected chi connectivity index (χ1v) is 7.46. The lowest BCUT2D eigenvalue weighted by atomic mass is 10.1. The molecule has 2 rings (SSSR count). The maximum Gasteiger partial charge on any atom is 0.177 e. The van der Waals surface area contributed by atoms with Gasteiger partial charge in [0.1, 0.15) is 0 Å². The fourth-order valence-corrected chi connectivity index (χ4v) is 3.87. The fraction of sp³-hybridized carbons (Fsp3) is 0.778. The van der Waals surface area contributed by atoms with E-state index in [2.05, 4.69) is 15.1 Å². The van der Waals surface area contributed by atoms with Gasteiger partial charge in [-0.3, -0.25) is 5.10 Å². The Bertz CT molecular complexity index is 340. The van der Waals surface area contributed by atoms with Crippen LogP contribution >= 0.6 is 35.3 Å². The van der Waals surface area contributed by atoms with Crippen LogP contribution in [0.15, 0.2) is 4.34 Å². The first-order valence-electron chi connectivity index (χ1n) is 5.25. The highest BCUT2D eigenvalue weighted by molar-refractivity contribution is 8.01. The summed E-state index contributed by atoms with van der Waals surface area (Å²) < 4.78 is 1.84. The summed E-state index contributed by atoms with van der Waals surface area (Å²) in [6.07, 6.45) is 4.14. The molecule has 0 atom stereocenters. The van der Waals surface area contributed by atoms with E-state index in [0.717, 1.165) is 14.0 Å². The Kier molecular flexibility index (Phi) is 4.61. The van der Waals surface area contributed by atoms with Crippen molar-refractivity contribution in [3.05, 3.63) is 3.95 Å². The first kappa shape index (κ1) is 11.6. The molecule has 15 heavy (non-hydrogen) atoms. The Labute approximate surface area is 103 Å². The Hall–Kier alpha value is 0.0900. The number of hydrogen-bond donors (Lipinski definition) is 1. The summed E-state index contributed by atoms with van der Waals surface area (Å²) in [5.74, 6) is 1.12. The van der Waals surface area contributed by atoms with Gasteiger partial charge in [0, 0.05) is 12.3 Å². The summed E-state index contributed by atoms with van der Waals surface area (Å²) in [6.45, 7) is 3.73. The normalized spacial score (nSPS) is 18.1. The van der Waals surface area contributed by atoms with Crippen LogP contribution in [-0.2, 0) is 0 Å². The number of rotatable bonds is 4. The fourth-order valence-electron chi connectivity index (χ4n) is 1.72. The van der Waals surface area contributed by atoms with E-state index in [9.17, 15) is 0 Å². The predicted octanol–water partition coefficient (Wildman–Crippen LogP) is 2.78. The van der Waals surface area contributed by atoms with Gasteiger partial charge in [0.05, 0.1) is 0 Å². The van der Waals surface area contributed by atoms with Gasteiger partial charge >= 0.3 is 0 Å². The number of aromatic nitrogens is 2. The maximum absolute atomic E-state index is 4.99. The van der Waals surface area contributed by atoms with Gasteiger partial charge in [-0.05, 0) is 38.1 Å². The molecule has 6 heteroatoms. The lowest BCUT2D eigenvalue weighted by Crippen LogP contribution is -2.31. The molecule has 0 aromatic carbocycles. The molecule has 1 aliphatic rings. The topological polar surface area (TPSA) is 31.9 Å². The first-order chi connectivity index (χ1) is 7.34. The van der Waals surface area contributed by atoms with E-state index >= 15 is 0 Å². The Morgan fingerprint density at radius 3 is 2.87 bits per heavy atom. The Morgan fingerprint density at radius 2 is 2.20 bits per heavy atom. The smallest absolute Gasteiger partial charge is 0.177 e. The molecule has 0 bridgehead atoms. The van der Waals surface area contributed by atoms with Crippen molar-refractivity contribution in [3.8, 4) is 0 Å². The standard InChI is InChI=1S/C9H15N3S3/c13-8-10-11-9(15-8)14-7-6-12-4-2-1-3-5-12/h1-7H2,(H,10,13). The van der Waals surface area contributed by atoms with E-state index in [4.69, 9.17) is 12.2 Å². The molecular weight excluding hydrogens is 246 g/mol. The molecule has 0 amide bonds. The molecule has 0 radical (unpaired) electrons. The predicted molar refractivity (Wildman–Crippen MR) is 68.3 cm³/mol. The zero-order valence-electron chi connectivity index (χ0n) is 8.57. The third-order valence-corrected chi connectivity index (χ3v) is 4.71. The van der Waals surface area contributed by atoms with Gasteiger partial charge < -0.3 is 4.90 Å². The highest BCUT2D eigenvalue weighted by Gasteiger charge is 2.09. The second-order valence-electron chi connectivity index (χ2n) is 3.63. The van der Waals surface area contributed by atoms with Crippen LogP contribution in [0.5, 0.6) is 0 Å². The molecule has 84 valence electrons. The number of hydrogen-bond acceptors (Lipinski definition) is 5. The van der Waals surface area contributed by atoms with Crippen molar-refractivity contribution in [2.24, 2.45) is 0 Å².